The van der Waals surface area contributed by atoms with Gasteiger partial charge in [-0.1, -0.05) is 61.0 Å². The molecule has 0 aromatic heterocycles. The van der Waals surface area contributed by atoms with Gasteiger partial charge in [-0.15, -0.1) is 0 Å². The van der Waals surface area contributed by atoms with E-state index in [-0.39, 0.29) is 11.7 Å². The minimum Gasteiger partial charge on any atom is -0.504 e. The lowest BCUT2D eigenvalue weighted by molar-refractivity contribution is -0.131. The van der Waals surface area contributed by atoms with Crippen LogP contribution < -0.4 is 4.74 Å². The quantitative estimate of drug-likeness (QED) is 0.311. The number of carboxylic acids is 1. The Morgan fingerprint density at radius 1 is 1.18 bits per heavy atom. The molecule has 1 heterocycles. The van der Waals surface area contributed by atoms with Crippen LogP contribution in [0.4, 0.5) is 4.39 Å². The Bertz CT molecular complexity index is 1260. The van der Waals surface area contributed by atoms with E-state index in [9.17, 15) is 14.3 Å². The highest BCUT2D eigenvalue weighted by molar-refractivity contribution is 6.32. The lowest BCUT2D eigenvalue weighted by atomic mass is 9.81. The fourth-order valence-corrected chi connectivity index (χ4v) is 4.54. The summed E-state index contributed by atoms with van der Waals surface area (Å²) in [6, 6.07) is 17.2. The number of carbonyl (C=O) groups is 1. The third-order valence-corrected chi connectivity index (χ3v) is 6.03. The average Bonchev–Trinajstić information content (AvgIpc) is 3.22. The molecule has 0 radical (unpaired) electrons. The van der Waals surface area contributed by atoms with Crippen LogP contribution in [0.1, 0.15) is 41.5 Å². The molecule has 0 spiro atoms. The molecule has 3 aromatic rings. The number of rotatable bonds is 6. The number of halogens is 2. The maximum atomic E-state index is 13.8. The fraction of sp³-hybridized carbons (Fsp3) is 0.148. The highest BCUT2D eigenvalue weighted by Crippen LogP contribution is 2.49. The molecule has 0 aliphatic carbocycles. The molecule has 0 saturated heterocycles. The average molecular weight is 465 g/mol. The summed E-state index contributed by atoms with van der Waals surface area (Å²) in [5, 5.41) is 19.5. The van der Waals surface area contributed by atoms with Crippen molar-refractivity contribution in [2.75, 3.05) is 6.61 Å². The molecule has 1 unspecified atom stereocenters. The number of benzene rings is 3. The molecule has 33 heavy (non-hydrogen) atoms. The van der Waals surface area contributed by atoms with Crippen LogP contribution in [0.5, 0.6) is 11.5 Å². The van der Waals surface area contributed by atoms with Gasteiger partial charge in [0.25, 0.3) is 0 Å². The van der Waals surface area contributed by atoms with E-state index < -0.39 is 11.8 Å². The molecule has 0 bridgehead atoms. The van der Waals surface area contributed by atoms with Crippen molar-refractivity contribution in [3.63, 3.8) is 0 Å². The summed E-state index contributed by atoms with van der Waals surface area (Å²) in [7, 11) is 0. The van der Waals surface area contributed by atoms with Crippen molar-refractivity contribution < 1.29 is 24.1 Å². The van der Waals surface area contributed by atoms with Crippen molar-refractivity contribution in [2.45, 2.75) is 19.3 Å². The summed E-state index contributed by atoms with van der Waals surface area (Å²) < 4.78 is 19.6. The normalized spacial score (nSPS) is 15.8. The summed E-state index contributed by atoms with van der Waals surface area (Å²) in [5.41, 5.74) is 5.16. The van der Waals surface area contributed by atoms with Crippen molar-refractivity contribution in [1.82, 2.24) is 0 Å². The van der Waals surface area contributed by atoms with Crippen molar-refractivity contribution in [1.29, 1.82) is 0 Å². The first-order chi connectivity index (χ1) is 15.9. The van der Waals surface area contributed by atoms with Crippen LogP contribution in [-0.2, 0) is 4.79 Å². The van der Waals surface area contributed by atoms with Gasteiger partial charge in [0.15, 0.2) is 11.5 Å². The van der Waals surface area contributed by atoms with Crippen LogP contribution in [0.3, 0.4) is 0 Å². The number of allylic oxidation sites excluding steroid dienone is 1. The van der Waals surface area contributed by atoms with Gasteiger partial charge in [0, 0.05) is 17.6 Å². The molecule has 0 amide bonds. The summed E-state index contributed by atoms with van der Waals surface area (Å²) in [4.78, 5) is 10.8. The number of phenolic OH excluding ortho intramolecular Hbond substituents is 1. The standard InChI is InChI=1S/C27H22ClFO4/c1-2-19(20-12-11-18(29)14-23(20)28)26(17-9-6-16(7-10-17)8-13-25(31)32)22-15-33-27-21(22)4-3-5-24(27)30/h3-14,22,30H,2,15H2,1H3,(H,31,32)/b13-8+,26-19+. The zero-order valence-corrected chi connectivity index (χ0v) is 18.6. The number of ether oxygens (including phenoxy) is 1. The predicted molar refractivity (Wildman–Crippen MR) is 128 cm³/mol. The maximum absolute atomic E-state index is 13.8. The van der Waals surface area contributed by atoms with Gasteiger partial charge in [-0.25, -0.2) is 9.18 Å². The van der Waals surface area contributed by atoms with Crippen molar-refractivity contribution in [2.24, 2.45) is 0 Å². The molecule has 2 N–H and O–H groups in total. The number of aromatic hydroxyl groups is 1. The number of hydrogen-bond donors (Lipinski definition) is 2. The van der Waals surface area contributed by atoms with Crippen LogP contribution in [-0.4, -0.2) is 22.8 Å². The molecule has 1 atom stereocenters. The van der Waals surface area contributed by atoms with Gasteiger partial charge in [0.05, 0.1) is 11.6 Å². The molecule has 3 aromatic carbocycles. The Kier molecular flexibility index (Phi) is 6.52. The van der Waals surface area contributed by atoms with E-state index in [1.54, 1.807) is 18.2 Å². The first kappa shape index (κ1) is 22.6. The van der Waals surface area contributed by atoms with Crippen LogP contribution >= 0.6 is 11.6 Å². The summed E-state index contributed by atoms with van der Waals surface area (Å²) in [6.07, 6.45) is 3.25. The molecular weight excluding hydrogens is 443 g/mol. The van der Waals surface area contributed by atoms with E-state index in [4.69, 9.17) is 21.4 Å². The number of phenols is 1. The molecule has 4 rings (SSSR count). The molecular formula is C27H22ClFO4. The third kappa shape index (κ3) is 4.64. The SMILES string of the molecule is CC/C(=C(/c1ccc(/C=C/C(=O)O)cc1)C1COc2c(O)cccc21)c1ccc(F)cc1Cl. The Balaban J connectivity index is 1.91. The smallest absolute Gasteiger partial charge is 0.328 e. The highest BCUT2D eigenvalue weighted by atomic mass is 35.5. The lowest BCUT2D eigenvalue weighted by Crippen LogP contribution is -2.07. The van der Waals surface area contributed by atoms with Crippen LogP contribution in [0.15, 0.2) is 66.7 Å². The minimum atomic E-state index is -1.02. The maximum Gasteiger partial charge on any atom is 0.328 e. The fourth-order valence-electron chi connectivity index (χ4n) is 4.26. The molecule has 1 aliphatic heterocycles. The number of aliphatic carboxylic acids is 1. The summed E-state index contributed by atoms with van der Waals surface area (Å²) in [5.74, 6) is -1.06. The largest absolute Gasteiger partial charge is 0.504 e. The van der Waals surface area contributed by atoms with Gasteiger partial charge in [0.1, 0.15) is 5.82 Å². The Morgan fingerprint density at radius 3 is 2.61 bits per heavy atom. The number of fused-ring (bicyclic) bond motifs is 1. The van der Waals surface area contributed by atoms with E-state index in [1.165, 1.54) is 18.2 Å². The molecule has 1 aliphatic rings. The van der Waals surface area contributed by atoms with Crippen molar-refractivity contribution in [3.8, 4) is 11.5 Å². The zero-order valence-electron chi connectivity index (χ0n) is 17.9. The monoisotopic (exact) mass is 464 g/mol. The van der Waals surface area contributed by atoms with Gasteiger partial charge in [0.2, 0.25) is 0 Å². The minimum absolute atomic E-state index is 0.0846. The summed E-state index contributed by atoms with van der Waals surface area (Å²) >= 11 is 6.45. The van der Waals surface area contributed by atoms with Crippen molar-refractivity contribution >= 4 is 34.8 Å². The van der Waals surface area contributed by atoms with Gasteiger partial charge >= 0.3 is 5.97 Å². The molecule has 4 nitrogen and oxygen atoms in total. The van der Waals surface area contributed by atoms with Gasteiger partial charge in [-0.05, 0) is 58.5 Å². The second-order valence-corrected chi connectivity index (χ2v) is 8.13. The predicted octanol–water partition coefficient (Wildman–Crippen LogP) is 6.78. The molecule has 0 fully saturated rings. The first-order valence-electron chi connectivity index (χ1n) is 10.5. The van der Waals surface area contributed by atoms with E-state index >= 15 is 0 Å². The van der Waals surface area contributed by atoms with Crippen LogP contribution in [0, 0.1) is 5.82 Å². The molecule has 6 heteroatoms. The first-order valence-corrected chi connectivity index (χ1v) is 10.9. The second kappa shape index (κ2) is 9.51. The topological polar surface area (TPSA) is 66.8 Å². The Labute approximate surface area is 196 Å². The zero-order chi connectivity index (χ0) is 23.5. The van der Waals surface area contributed by atoms with Crippen LogP contribution in [0.25, 0.3) is 17.2 Å². The van der Waals surface area contributed by atoms with E-state index in [0.29, 0.717) is 23.8 Å². The van der Waals surface area contributed by atoms with E-state index in [0.717, 1.165) is 39.5 Å². The van der Waals surface area contributed by atoms with Crippen LogP contribution in [0.2, 0.25) is 5.02 Å². The second-order valence-electron chi connectivity index (χ2n) is 7.72. The Morgan fingerprint density at radius 2 is 1.94 bits per heavy atom. The molecule has 0 saturated carbocycles. The Hall–Kier alpha value is -3.57. The highest BCUT2D eigenvalue weighted by Gasteiger charge is 2.32. The van der Waals surface area contributed by atoms with E-state index in [2.05, 4.69) is 0 Å². The number of para-hydroxylation sites is 1. The van der Waals surface area contributed by atoms with Gasteiger partial charge < -0.3 is 14.9 Å². The van der Waals surface area contributed by atoms with Gasteiger partial charge in [-0.2, -0.15) is 0 Å². The van der Waals surface area contributed by atoms with Crippen molar-refractivity contribution in [3.05, 3.63) is 99.8 Å². The lowest BCUT2D eigenvalue weighted by Gasteiger charge is -2.22. The van der Waals surface area contributed by atoms with Gasteiger partial charge in [-0.3, -0.25) is 0 Å². The third-order valence-electron chi connectivity index (χ3n) is 5.72. The summed E-state index contributed by atoms with van der Waals surface area (Å²) in [6.45, 7) is 2.35. The number of carboxylic acid groups (broad SMARTS) is 1. The number of hydrogen-bond acceptors (Lipinski definition) is 3. The molecule has 168 valence electrons. The van der Waals surface area contributed by atoms with E-state index in [1.807, 2.05) is 37.3 Å².